The first-order valence-corrected chi connectivity index (χ1v) is 8.10. The Labute approximate surface area is 136 Å². The fourth-order valence-corrected chi connectivity index (χ4v) is 2.96. The second kappa shape index (κ2) is 7.63. The van der Waals surface area contributed by atoms with Crippen LogP contribution in [0.25, 0.3) is 0 Å². The second-order valence-corrected chi connectivity index (χ2v) is 6.11. The molecule has 1 aromatic carbocycles. The summed E-state index contributed by atoms with van der Waals surface area (Å²) in [6.45, 7) is 4.80. The molecule has 1 amide bonds. The maximum atomic E-state index is 12.3. The Kier molecular flexibility index (Phi) is 5.83. The minimum atomic E-state index is -0.267. The first kappa shape index (κ1) is 16.8. The molecule has 2 rings (SSSR count). The monoisotopic (exact) mass is 323 g/mol. The fourth-order valence-electron chi connectivity index (χ4n) is 2.76. The fraction of sp³-hybridized carbons (Fsp3) is 0.529. The lowest BCUT2D eigenvalue weighted by atomic mass is 9.96. The number of likely N-dealkylation sites (tertiary alicyclic amines) is 1. The van der Waals surface area contributed by atoms with Gasteiger partial charge in [0.25, 0.3) is 0 Å². The summed E-state index contributed by atoms with van der Waals surface area (Å²) in [5.74, 6) is -0.226. The van der Waals surface area contributed by atoms with Crippen LogP contribution in [0.4, 0.5) is 0 Å². The van der Waals surface area contributed by atoms with Crippen molar-refractivity contribution in [2.75, 3.05) is 13.1 Å². The summed E-state index contributed by atoms with van der Waals surface area (Å²) in [5.41, 5.74) is 0.921. The van der Waals surface area contributed by atoms with Crippen LogP contribution in [0.15, 0.2) is 24.3 Å². The van der Waals surface area contributed by atoms with E-state index < -0.39 is 0 Å². The summed E-state index contributed by atoms with van der Waals surface area (Å²) >= 11 is 6.00. The number of rotatable bonds is 4. The van der Waals surface area contributed by atoms with Gasteiger partial charge in [-0.25, -0.2) is 0 Å². The number of ether oxygens (including phenoxy) is 1. The molecular formula is C17H22ClNO3. The standard InChI is InChI=1S/C17H22ClNO3/c1-3-16(14-5-4-6-15(18)11-14)22-17(21)13-7-9-19(10-8-13)12(2)20/h4-6,11,13,16H,3,7-10H2,1-2H3. The molecule has 0 spiro atoms. The highest BCUT2D eigenvalue weighted by molar-refractivity contribution is 6.30. The molecule has 22 heavy (non-hydrogen) atoms. The molecular weight excluding hydrogens is 302 g/mol. The maximum absolute atomic E-state index is 12.3. The third-order valence-electron chi connectivity index (χ3n) is 4.12. The van der Waals surface area contributed by atoms with E-state index in [0.29, 0.717) is 37.4 Å². The molecule has 0 aromatic heterocycles. The van der Waals surface area contributed by atoms with E-state index in [9.17, 15) is 9.59 Å². The zero-order valence-electron chi connectivity index (χ0n) is 13.0. The molecule has 120 valence electrons. The Morgan fingerprint density at radius 1 is 1.36 bits per heavy atom. The molecule has 1 unspecified atom stereocenters. The minimum Gasteiger partial charge on any atom is -0.457 e. The van der Waals surface area contributed by atoms with E-state index in [4.69, 9.17) is 16.3 Å². The predicted molar refractivity (Wildman–Crippen MR) is 85.6 cm³/mol. The van der Waals surface area contributed by atoms with E-state index in [-0.39, 0.29) is 23.9 Å². The highest BCUT2D eigenvalue weighted by atomic mass is 35.5. The Bertz CT molecular complexity index is 538. The molecule has 1 atom stereocenters. The third-order valence-corrected chi connectivity index (χ3v) is 4.36. The van der Waals surface area contributed by atoms with Crippen molar-refractivity contribution in [3.63, 3.8) is 0 Å². The molecule has 1 aliphatic heterocycles. The van der Waals surface area contributed by atoms with E-state index in [2.05, 4.69) is 0 Å². The smallest absolute Gasteiger partial charge is 0.309 e. The van der Waals surface area contributed by atoms with Gasteiger partial charge in [0.15, 0.2) is 0 Å². The van der Waals surface area contributed by atoms with Crippen LogP contribution in [0, 0.1) is 5.92 Å². The molecule has 1 heterocycles. The average Bonchev–Trinajstić information content (AvgIpc) is 2.52. The van der Waals surface area contributed by atoms with Crippen molar-refractivity contribution in [1.29, 1.82) is 0 Å². The summed E-state index contributed by atoms with van der Waals surface area (Å²) in [6.07, 6.45) is 1.78. The van der Waals surface area contributed by atoms with Crippen molar-refractivity contribution in [3.8, 4) is 0 Å². The highest BCUT2D eigenvalue weighted by Crippen LogP contribution is 2.27. The first-order valence-electron chi connectivity index (χ1n) is 7.72. The van der Waals surface area contributed by atoms with Gasteiger partial charge >= 0.3 is 5.97 Å². The number of nitrogens with zero attached hydrogens (tertiary/aromatic N) is 1. The Balaban J connectivity index is 1.94. The predicted octanol–water partition coefficient (Wildman–Crippen LogP) is 3.59. The molecule has 0 aliphatic carbocycles. The van der Waals surface area contributed by atoms with Gasteiger partial charge in [0.1, 0.15) is 6.10 Å². The topological polar surface area (TPSA) is 46.6 Å². The third kappa shape index (κ3) is 4.23. The normalized spacial score (nSPS) is 17.1. The summed E-state index contributed by atoms with van der Waals surface area (Å²) in [5, 5.41) is 0.641. The van der Waals surface area contributed by atoms with Crippen molar-refractivity contribution in [3.05, 3.63) is 34.9 Å². The van der Waals surface area contributed by atoms with Gasteiger partial charge in [0, 0.05) is 25.0 Å². The zero-order valence-corrected chi connectivity index (χ0v) is 13.8. The molecule has 5 heteroatoms. The molecule has 1 saturated heterocycles. The highest BCUT2D eigenvalue weighted by Gasteiger charge is 2.28. The number of hydrogen-bond donors (Lipinski definition) is 0. The molecule has 0 N–H and O–H groups in total. The molecule has 0 bridgehead atoms. The van der Waals surface area contributed by atoms with Crippen LogP contribution in [0.1, 0.15) is 44.8 Å². The number of piperidine rings is 1. The lowest BCUT2D eigenvalue weighted by Gasteiger charge is -2.31. The molecule has 0 saturated carbocycles. The van der Waals surface area contributed by atoms with Crippen molar-refractivity contribution in [2.24, 2.45) is 5.92 Å². The van der Waals surface area contributed by atoms with Gasteiger partial charge in [0.2, 0.25) is 5.91 Å². The van der Waals surface area contributed by atoms with E-state index in [1.165, 1.54) is 0 Å². The van der Waals surface area contributed by atoms with Crippen molar-refractivity contribution in [1.82, 2.24) is 4.90 Å². The minimum absolute atomic E-state index is 0.0668. The van der Waals surface area contributed by atoms with Gasteiger partial charge in [0.05, 0.1) is 5.92 Å². The number of benzene rings is 1. The zero-order chi connectivity index (χ0) is 16.1. The van der Waals surface area contributed by atoms with Gasteiger partial charge in [-0.1, -0.05) is 30.7 Å². The summed E-state index contributed by atoms with van der Waals surface area (Å²) in [4.78, 5) is 25.4. The van der Waals surface area contributed by atoms with E-state index in [0.717, 1.165) is 5.56 Å². The first-order chi connectivity index (χ1) is 10.5. The summed E-state index contributed by atoms with van der Waals surface area (Å²) in [7, 11) is 0. The van der Waals surface area contributed by atoms with Crippen molar-refractivity contribution in [2.45, 2.75) is 39.2 Å². The van der Waals surface area contributed by atoms with Gasteiger partial charge in [-0.05, 0) is 37.0 Å². The Morgan fingerprint density at radius 2 is 2.05 bits per heavy atom. The van der Waals surface area contributed by atoms with Gasteiger partial charge in [-0.15, -0.1) is 0 Å². The molecule has 4 nitrogen and oxygen atoms in total. The largest absolute Gasteiger partial charge is 0.457 e. The Morgan fingerprint density at radius 3 is 2.59 bits per heavy atom. The molecule has 1 fully saturated rings. The molecule has 0 radical (unpaired) electrons. The van der Waals surface area contributed by atoms with Crippen LogP contribution in [0.5, 0.6) is 0 Å². The van der Waals surface area contributed by atoms with Crippen LogP contribution in [0.2, 0.25) is 5.02 Å². The number of esters is 1. The summed E-state index contributed by atoms with van der Waals surface area (Å²) < 4.78 is 5.67. The quantitative estimate of drug-likeness (QED) is 0.795. The van der Waals surface area contributed by atoms with E-state index >= 15 is 0 Å². The molecule has 1 aromatic rings. The van der Waals surface area contributed by atoms with Gasteiger partial charge in [-0.2, -0.15) is 0 Å². The van der Waals surface area contributed by atoms with Crippen LogP contribution in [0.3, 0.4) is 0 Å². The summed E-state index contributed by atoms with van der Waals surface area (Å²) in [6, 6.07) is 7.42. The van der Waals surface area contributed by atoms with Crippen LogP contribution < -0.4 is 0 Å². The van der Waals surface area contributed by atoms with Crippen molar-refractivity contribution < 1.29 is 14.3 Å². The number of amides is 1. The van der Waals surface area contributed by atoms with Crippen LogP contribution in [-0.2, 0) is 14.3 Å². The molecule has 1 aliphatic rings. The maximum Gasteiger partial charge on any atom is 0.309 e. The van der Waals surface area contributed by atoms with Crippen molar-refractivity contribution >= 4 is 23.5 Å². The number of hydrogen-bond acceptors (Lipinski definition) is 3. The lowest BCUT2D eigenvalue weighted by molar-refractivity contribution is -0.157. The second-order valence-electron chi connectivity index (χ2n) is 5.67. The van der Waals surface area contributed by atoms with E-state index in [1.807, 2.05) is 25.1 Å². The van der Waals surface area contributed by atoms with Crippen LogP contribution >= 0.6 is 11.6 Å². The van der Waals surface area contributed by atoms with E-state index in [1.54, 1.807) is 17.9 Å². The SMILES string of the molecule is CCC(OC(=O)C1CCN(C(C)=O)CC1)c1cccc(Cl)c1. The number of carbonyl (C=O) groups excluding carboxylic acids is 2. The van der Waals surface area contributed by atoms with Gasteiger partial charge < -0.3 is 9.64 Å². The number of carbonyl (C=O) groups is 2. The van der Waals surface area contributed by atoms with Crippen LogP contribution in [-0.4, -0.2) is 29.9 Å². The Hall–Kier alpha value is -1.55. The lowest BCUT2D eigenvalue weighted by Crippen LogP contribution is -2.39. The average molecular weight is 324 g/mol. The van der Waals surface area contributed by atoms with Gasteiger partial charge in [-0.3, -0.25) is 9.59 Å². The number of halogens is 1.